The summed E-state index contributed by atoms with van der Waals surface area (Å²) in [5.74, 6) is -1.60. The third-order valence-corrected chi connectivity index (χ3v) is 4.75. The second-order valence-electron chi connectivity index (χ2n) is 6.64. The highest BCUT2D eigenvalue weighted by atomic mass is 35.5. The largest absolute Gasteiger partial charge is 0.455 e. The zero-order chi connectivity index (χ0) is 19.9. The molecule has 0 aromatic heterocycles. The number of hydrogen-bond acceptors (Lipinski definition) is 4. The van der Waals surface area contributed by atoms with Gasteiger partial charge in [0.25, 0.3) is 5.91 Å². The molecular formula is C21H21ClN2O4. The molecule has 3 rings (SSSR count). The van der Waals surface area contributed by atoms with Crippen LogP contribution in [0.1, 0.15) is 12.0 Å². The van der Waals surface area contributed by atoms with E-state index in [4.69, 9.17) is 16.3 Å². The lowest BCUT2D eigenvalue weighted by molar-refractivity contribution is -0.151. The Morgan fingerprint density at radius 1 is 1.14 bits per heavy atom. The number of benzene rings is 2. The maximum absolute atomic E-state index is 12.2. The number of amides is 2. The highest BCUT2D eigenvalue weighted by Crippen LogP contribution is 2.20. The van der Waals surface area contributed by atoms with Crippen molar-refractivity contribution in [2.24, 2.45) is 5.92 Å². The van der Waals surface area contributed by atoms with Crippen molar-refractivity contribution in [2.75, 3.05) is 25.0 Å². The summed E-state index contributed by atoms with van der Waals surface area (Å²) >= 11 is 5.86. The summed E-state index contributed by atoms with van der Waals surface area (Å²) in [6.45, 7) is 0.475. The van der Waals surface area contributed by atoms with Crippen LogP contribution in [0.15, 0.2) is 54.6 Å². The second kappa shape index (κ2) is 9.37. The Bertz CT molecular complexity index is 856. The Morgan fingerprint density at radius 2 is 1.93 bits per heavy atom. The molecule has 2 aromatic carbocycles. The fourth-order valence-electron chi connectivity index (χ4n) is 3.07. The maximum atomic E-state index is 12.2. The minimum absolute atomic E-state index is 0.0683. The number of nitrogens with one attached hydrogen (secondary N) is 1. The quantitative estimate of drug-likeness (QED) is 0.725. The molecule has 6 nitrogen and oxygen atoms in total. The number of rotatable bonds is 7. The molecule has 0 radical (unpaired) electrons. The fourth-order valence-corrected chi connectivity index (χ4v) is 3.26. The number of anilines is 1. The van der Waals surface area contributed by atoms with Crippen molar-refractivity contribution >= 4 is 35.1 Å². The minimum Gasteiger partial charge on any atom is -0.455 e. The van der Waals surface area contributed by atoms with Gasteiger partial charge >= 0.3 is 5.97 Å². The molecular weight excluding hydrogens is 380 g/mol. The van der Waals surface area contributed by atoms with Gasteiger partial charge in [-0.15, -0.1) is 0 Å². The fraction of sp³-hybridized carbons (Fsp3) is 0.286. The van der Waals surface area contributed by atoms with Crippen LogP contribution in [-0.2, 0) is 25.5 Å². The van der Waals surface area contributed by atoms with E-state index in [0.717, 1.165) is 12.0 Å². The first-order valence-electron chi connectivity index (χ1n) is 9.05. The highest BCUT2D eigenvalue weighted by Gasteiger charge is 2.35. The van der Waals surface area contributed by atoms with E-state index < -0.39 is 24.4 Å². The third kappa shape index (κ3) is 5.57. The van der Waals surface area contributed by atoms with Gasteiger partial charge in [-0.3, -0.25) is 14.4 Å². The summed E-state index contributed by atoms with van der Waals surface area (Å²) in [5.41, 5.74) is 1.66. The molecule has 2 amide bonds. The number of halogens is 1. The lowest BCUT2D eigenvalue weighted by Crippen LogP contribution is -2.29. The Balaban J connectivity index is 1.43. The lowest BCUT2D eigenvalue weighted by Gasteiger charge is -2.16. The molecule has 0 aliphatic carbocycles. The Labute approximate surface area is 168 Å². The molecule has 0 unspecified atom stereocenters. The van der Waals surface area contributed by atoms with Gasteiger partial charge in [-0.25, -0.2) is 0 Å². The molecule has 146 valence electrons. The van der Waals surface area contributed by atoms with Crippen LogP contribution in [-0.4, -0.2) is 42.4 Å². The van der Waals surface area contributed by atoms with E-state index in [9.17, 15) is 14.4 Å². The van der Waals surface area contributed by atoms with Gasteiger partial charge in [0.05, 0.1) is 5.92 Å². The zero-order valence-corrected chi connectivity index (χ0v) is 16.0. The molecule has 0 spiro atoms. The van der Waals surface area contributed by atoms with Crippen molar-refractivity contribution in [3.05, 3.63) is 65.2 Å². The van der Waals surface area contributed by atoms with E-state index in [2.05, 4.69) is 5.32 Å². The van der Waals surface area contributed by atoms with Gasteiger partial charge in [0.1, 0.15) is 0 Å². The van der Waals surface area contributed by atoms with E-state index in [1.807, 2.05) is 30.3 Å². The van der Waals surface area contributed by atoms with Gasteiger partial charge < -0.3 is 15.0 Å². The van der Waals surface area contributed by atoms with Crippen LogP contribution in [0.5, 0.6) is 0 Å². The predicted molar refractivity (Wildman–Crippen MR) is 106 cm³/mol. The summed E-state index contributed by atoms with van der Waals surface area (Å²) in [7, 11) is 0. The number of esters is 1. The van der Waals surface area contributed by atoms with E-state index in [0.29, 0.717) is 23.8 Å². The predicted octanol–water partition coefficient (Wildman–Crippen LogP) is 2.91. The van der Waals surface area contributed by atoms with E-state index in [-0.39, 0.29) is 12.3 Å². The number of hydrogen-bond donors (Lipinski definition) is 1. The van der Waals surface area contributed by atoms with Gasteiger partial charge in [-0.2, -0.15) is 0 Å². The van der Waals surface area contributed by atoms with Crippen LogP contribution >= 0.6 is 11.6 Å². The molecule has 0 saturated carbocycles. The number of likely N-dealkylation sites (tertiary alicyclic amines) is 1. The molecule has 1 heterocycles. The topological polar surface area (TPSA) is 75.7 Å². The number of carbonyl (C=O) groups is 3. The zero-order valence-electron chi connectivity index (χ0n) is 15.3. The van der Waals surface area contributed by atoms with E-state index >= 15 is 0 Å². The summed E-state index contributed by atoms with van der Waals surface area (Å²) in [6, 6.07) is 16.5. The van der Waals surface area contributed by atoms with Crippen molar-refractivity contribution in [1.82, 2.24) is 4.90 Å². The second-order valence-corrected chi connectivity index (χ2v) is 7.08. The minimum atomic E-state index is -0.540. The van der Waals surface area contributed by atoms with Crippen LogP contribution in [0.2, 0.25) is 5.02 Å². The van der Waals surface area contributed by atoms with Crippen molar-refractivity contribution in [1.29, 1.82) is 0 Å². The average Bonchev–Trinajstić information content (AvgIpc) is 3.06. The van der Waals surface area contributed by atoms with Crippen molar-refractivity contribution in [3.63, 3.8) is 0 Å². The molecule has 1 N–H and O–H groups in total. The summed E-state index contributed by atoms with van der Waals surface area (Å²) < 4.78 is 5.09. The Hall–Kier alpha value is -2.86. The highest BCUT2D eigenvalue weighted by molar-refractivity contribution is 6.30. The Morgan fingerprint density at radius 3 is 2.68 bits per heavy atom. The molecule has 1 fully saturated rings. The van der Waals surface area contributed by atoms with Crippen LogP contribution in [0.3, 0.4) is 0 Å². The van der Waals surface area contributed by atoms with Crippen LogP contribution < -0.4 is 5.32 Å². The standard InChI is InChI=1S/C21H21ClN2O4/c22-17-7-4-8-18(12-17)23-19(25)14-28-21(27)16-11-20(26)24(13-16)10-9-15-5-2-1-3-6-15/h1-8,12,16H,9-11,13-14H2,(H,23,25)/t16-/m0/s1. The molecule has 0 bridgehead atoms. The van der Waals surface area contributed by atoms with Gasteiger partial charge in [0.15, 0.2) is 6.61 Å². The van der Waals surface area contributed by atoms with Crippen LogP contribution in [0.4, 0.5) is 5.69 Å². The maximum Gasteiger partial charge on any atom is 0.311 e. The number of nitrogens with zero attached hydrogens (tertiary/aromatic N) is 1. The van der Waals surface area contributed by atoms with Gasteiger partial charge in [0, 0.05) is 30.2 Å². The van der Waals surface area contributed by atoms with E-state index in [1.54, 1.807) is 29.2 Å². The molecule has 1 aliphatic rings. The van der Waals surface area contributed by atoms with Crippen molar-refractivity contribution < 1.29 is 19.1 Å². The van der Waals surface area contributed by atoms with Gasteiger partial charge in [-0.1, -0.05) is 48.0 Å². The monoisotopic (exact) mass is 400 g/mol. The van der Waals surface area contributed by atoms with Crippen LogP contribution in [0.25, 0.3) is 0 Å². The first-order valence-corrected chi connectivity index (χ1v) is 9.43. The number of ether oxygens (including phenoxy) is 1. The van der Waals surface area contributed by atoms with Gasteiger partial charge in [-0.05, 0) is 30.2 Å². The molecule has 28 heavy (non-hydrogen) atoms. The summed E-state index contributed by atoms with van der Waals surface area (Å²) in [5, 5.41) is 3.10. The molecule has 1 aliphatic heterocycles. The molecule has 1 atom stereocenters. The summed E-state index contributed by atoms with van der Waals surface area (Å²) in [6.07, 6.45) is 0.847. The smallest absolute Gasteiger partial charge is 0.311 e. The number of carbonyl (C=O) groups excluding carboxylic acids is 3. The van der Waals surface area contributed by atoms with Crippen LogP contribution in [0, 0.1) is 5.92 Å². The average molecular weight is 401 g/mol. The Kier molecular flexibility index (Phi) is 6.66. The lowest BCUT2D eigenvalue weighted by atomic mass is 10.1. The SMILES string of the molecule is O=C(COC(=O)[C@H]1CC(=O)N(CCc2ccccc2)C1)Nc1cccc(Cl)c1. The third-order valence-electron chi connectivity index (χ3n) is 4.51. The molecule has 1 saturated heterocycles. The van der Waals surface area contributed by atoms with Crippen molar-refractivity contribution in [3.8, 4) is 0 Å². The first kappa shape index (κ1) is 19.9. The normalized spacial score (nSPS) is 16.1. The summed E-state index contributed by atoms with van der Waals surface area (Å²) in [4.78, 5) is 38.0. The first-order chi connectivity index (χ1) is 13.5. The molecule has 7 heteroatoms. The molecule has 2 aromatic rings. The van der Waals surface area contributed by atoms with Crippen molar-refractivity contribution in [2.45, 2.75) is 12.8 Å². The van der Waals surface area contributed by atoms with E-state index in [1.165, 1.54) is 0 Å². The van der Waals surface area contributed by atoms with Gasteiger partial charge in [0.2, 0.25) is 5.91 Å².